The molecule has 0 aliphatic heterocycles. The highest BCUT2D eigenvalue weighted by Gasteiger charge is 2.04. The van der Waals surface area contributed by atoms with Crippen molar-refractivity contribution in [3.05, 3.63) is 10.4 Å². The zero-order valence-corrected chi connectivity index (χ0v) is 10.6. The molecule has 9 heteroatoms. The second-order valence-electron chi connectivity index (χ2n) is 3.51. The minimum atomic E-state index is -0.908. The number of nitrogens with zero attached hydrogens (tertiary/aromatic N) is 3. The van der Waals surface area contributed by atoms with Gasteiger partial charge in [-0.2, -0.15) is 0 Å². The average Bonchev–Trinajstić information content (AvgIpc) is 2.37. The van der Waals surface area contributed by atoms with E-state index in [0.29, 0.717) is 0 Å². The first-order valence-electron chi connectivity index (χ1n) is 5.80. The highest BCUT2D eigenvalue weighted by Crippen LogP contribution is 1.90. The van der Waals surface area contributed by atoms with E-state index in [-0.39, 0.29) is 52.6 Å². The quantitative estimate of drug-likeness (QED) is 0.213. The molecule has 0 saturated heterocycles. The summed E-state index contributed by atoms with van der Waals surface area (Å²) in [7, 11) is 0. The highest BCUT2D eigenvalue weighted by molar-refractivity contribution is 5.66. The zero-order valence-electron chi connectivity index (χ0n) is 10.6. The van der Waals surface area contributed by atoms with Crippen molar-refractivity contribution in [3.8, 4) is 0 Å². The number of carboxylic acids is 1. The first-order chi connectivity index (χ1) is 9.16. The molecule has 0 fully saturated rings. The Balaban J connectivity index is 3.22. The fraction of sp³-hybridized carbons (Fsp3) is 0.900. The molecule has 0 aromatic rings. The molecule has 19 heavy (non-hydrogen) atoms. The molecule has 0 aliphatic carbocycles. The average molecular weight is 277 g/mol. The van der Waals surface area contributed by atoms with Crippen LogP contribution in [0.15, 0.2) is 5.11 Å². The summed E-state index contributed by atoms with van der Waals surface area (Å²) in [5.74, 6) is -0.908. The fourth-order valence-corrected chi connectivity index (χ4v) is 1.02. The highest BCUT2D eigenvalue weighted by atomic mass is 16.5. The van der Waals surface area contributed by atoms with Crippen molar-refractivity contribution in [2.45, 2.75) is 12.5 Å². The molecule has 0 saturated carbocycles. The van der Waals surface area contributed by atoms with Gasteiger partial charge in [-0.15, -0.1) is 0 Å². The number of carbonyl (C=O) groups is 1. The summed E-state index contributed by atoms with van der Waals surface area (Å²) in [5, 5.41) is 21.0. The van der Waals surface area contributed by atoms with Crippen LogP contribution in [0.3, 0.4) is 0 Å². The molecule has 1 unspecified atom stereocenters. The maximum atomic E-state index is 10.2. The monoisotopic (exact) mass is 277 g/mol. The van der Waals surface area contributed by atoms with E-state index in [1.165, 1.54) is 0 Å². The second kappa shape index (κ2) is 13.1. The van der Waals surface area contributed by atoms with Crippen molar-refractivity contribution in [1.29, 1.82) is 0 Å². The van der Waals surface area contributed by atoms with Crippen molar-refractivity contribution < 1.29 is 29.2 Å². The SMILES string of the molecule is [N-]=[N+]=NCCOCC(O)COCCOCCC(=O)O. The standard InChI is InChI=1S/C10H19N3O6/c11-13-12-2-4-18-7-9(14)8-19-6-5-17-3-1-10(15)16/h9,14H,1-8H2,(H,15,16). The lowest BCUT2D eigenvalue weighted by atomic mass is 10.4. The van der Waals surface area contributed by atoms with Crippen molar-refractivity contribution in [2.75, 3.05) is 46.2 Å². The van der Waals surface area contributed by atoms with Gasteiger partial charge in [0, 0.05) is 11.5 Å². The summed E-state index contributed by atoms with van der Waals surface area (Å²) >= 11 is 0. The van der Waals surface area contributed by atoms with Crippen LogP contribution < -0.4 is 0 Å². The van der Waals surface area contributed by atoms with E-state index in [9.17, 15) is 9.90 Å². The van der Waals surface area contributed by atoms with Crippen LogP contribution in [0.2, 0.25) is 0 Å². The van der Waals surface area contributed by atoms with Crippen molar-refractivity contribution in [2.24, 2.45) is 5.11 Å². The Morgan fingerprint density at radius 2 is 1.79 bits per heavy atom. The molecular weight excluding hydrogens is 258 g/mol. The van der Waals surface area contributed by atoms with Gasteiger partial charge in [0.25, 0.3) is 0 Å². The van der Waals surface area contributed by atoms with Gasteiger partial charge in [-0.1, -0.05) is 5.11 Å². The van der Waals surface area contributed by atoms with E-state index in [2.05, 4.69) is 10.0 Å². The summed E-state index contributed by atoms with van der Waals surface area (Å²) in [6.45, 7) is 1.36. The van der Waals surface area contributed by atoms with Crippen molar-refractivity contribution in [1.82, 2.24) is 0 Å². The molecule has 0 spiro atoms. The number of hydrogen-bond acceptors (Lipinski definition) is 6. The predicted octanol–water partition coefficient (Wildman–Crippen LogP) is 0.182. The number of ether oxygens (including phenoxy) is 3. The molecular formula is C10H19N3O6. The molecule has 110 valence electrons. The maximum absolute atomic E-state index is 10.2. The first kappa shape index (κ1) is 17.6. The molecule has 0 heterocycles. The van der Waals surface area contributed by atoms with E-state index in [0.717, 1.165) is 0 Å². The van der Waals surface area contributed by atoms with Gasteiger partial charge in [0.15, 0.2) is 0 Å². The summed E-state index contributed by atoms with van der Waals surface area (Å²) in [6, 6.07) is 0. The normalized spacial score (nSPS) is 11.8. The lowest BCUT2D eigenvalue weighted by Gasteiger charge is -2.11. The number of rotatable bonds is 13. The Bertz CT molecular complexity index is 282. The molecule has 0 radical (unpaired) electrons. The minimum absolute atomic E-state index is 0.0400. The number of aliphatic hydroxyl groups excluding tert-OH is 1. The summed E-state index contributed by atoms with van der Waals surface area (Å²) in [4.78, 5) is 12.7. The van der Waals surface area contributed by atoms with Gasteiger partial charge in [0.2, 0.25) is 0 Å². The third-order valence-corrected chi connectivity index (χ3v) is 1.85. The maximum Gasteiger partial charge on any atom is 0.305 e. The van der Waals surface area contributed by atoms with Gasteiger partial charge in [-0.3, -0.25) is 4.79 Å². The first-order valence-corrected chi connectivity index (χ1v) is 5.80. The molecule has 0 aliphatic rings. The van der Waals surface area contributed by atoms with Gasteiger partial charge in [-0.25, -0.2) is 0 Å². The van der Waals surface area contributed by atoms with E-state index >= 15 is 0 Å². The Morgan fingerprint density at radius 1 is 1.16 bits per heavy atom. The summed E-state index contributed by atoms with van der Waals surface area (Å²) < 4.78 is 15.1. The fourth-order valence-electron chi connectivity index (χ4n) is 1.02. The van der Waals surface area contributed by atoms with Crippen LogP contribution in [0.25, 0.3) is 10.4 Å². The van der Waals surface area contributed by atoms with Crippen molar-refractivity contribution >= 4 is 5.97 Å². The Labute approximate surface area is 110 Å². The lowest BCUT2D eigenvalue weighted by molar-refractivity contribution is -0.138. The smallest absolute Gasteiger partial charge is 0.305 e. The topological polar surface area (TPSA) is 134 Å². The van der Waals surface area contributed by atoms with Gasteiger partial charge in [-0.05, 0) is 5.53 Å². The van der Waals surface area contributed by atoms with Crippen LogP contribution in [-0.4, -0.2) is 68.5 Å². The second-order valence-corrected chi connectivity index (χ2v) is 3.51. The predicted molar refractivity (Wildman–Crippen MR) is 64.7 cm³/mol. The molecule has 9 nitrogen and oxygen atoms in total. The van der Waals surface area contributed by atoms with Gasteiger partial charge < -0.3 is 24.4 Å². The summed E-state index contributed by atoms with van der Waals surface area (Å²) in [5.41, 5.74) is 8.00. The molecule has 0 rings (SSSR count). The van der Waals surface area contributed by atoms with Crippen LogP contribution in [0.4, 0.5) is 0 Å². The minimum Gasteiger partial charge on any atom is -0.481 e. The molecule has 0 aromatic carbocycles. The molecule has 0 amide bonds. The lowest BCUT2D eigenvalue weighted by Crippen LogP contribution is -2.23. The Kier molecular flexibility index (Phi) is 12.1. The van der Waals surface area contributed by atoms with Gasteiger partial charge in [0.05, 0.1) is 46.1 Å². The molecule has 2 N–H and O–H groups in total. The number of carboxylic acid groups (broad SMARTS) is 1. The third kappa shape index (κ3) is 14.6. The van der Waals surface area contributed by atoms with Crippen LogP contribution >= 0.6 is 0 Å². The number of azide groups is 1. The van der Waals surface area contributed by atoms with E-state index < -0.39 is 12.1 Å². The molecule has 0 aromatic heterocycles. The van der Waals surface area contributed by atoms with Gasteiger partial charge in [0.1, 0.15) is 6.10 Å². The number of hydrogen-bond donors (Lipinski definition) is 2. The third-order valence-electron chi connectivity index (χ3n) is 1.85. The van der Waals surface area contributed by atoms with Crippen LogP contribution in [-0.2, 0) is 19.0 Å². The van der Waals surface area contributed by atoms with E-state index in [1.807, 2.05) is 0 Å². The van der Waals surface area contributed by atoms with Gasteiger partial charge >= 0.3 is 5.97 Å². The molecule has 0 bridgehead atoms. The molecule has 1 atom stereocenters. The van der Waals surface area contributed by atoms with Crippen molar-refractivity contribution in [3.63, 3.8) is 0 Å². The van der Waals surface area contributed by atoms with E-state index in [1.54, 1.807) is 0 Å². The largest absolute Gasteiger partial charge is 0.481 e. The number of aliphatic carboxylic acids is 1. The van der Waals surface area contributed by atoms with E-state index in [4.69, 9.17) is 24.8 Å². The van der Waals surface area contributed by atoms with Crippen LogP contribution in [0, 0.1) is 0 Å². The zero-order chi connectivity index (χ0) is 14.3. The number of aliphatic hydroxyl groups is 1. The Morgan fingerprint density at radius 3 is 2.42 bits per heavy atom. The summed E-state index contributed by atoms with van der Waals surface area (Å²) in [6.07, 6.45) is -0.799. The Hall–Kier alpha value is -1.38. The van der Waals surface area contributed by atoms with Crippen LogP contribution in [0.1, 0.15) is 6.42 Å². The van der Waals surface area contributed by atoms with Crippen LogP contribution in [0.5, 0.6) is 0 Å².